The first-order valence-corrected chi connectivity index (χ1v) is 6.86. The summed E-state index contributed by atoms with van der Waals surface area (Å²) >= 11 is 5.95. The fourth-order valence-electron chi connectivity index (χ4n) is 2.31. The van der Waals surface area contributed by atoms with Crippen LogP contribution in [-0.4, -0.2) is 42.0 Å². The van der Waals surface area contributed by atoms with E-state index in [9.17, 15) is 4.79 Å². The number of hydrogen-bond donors (Lipinski definition) is 2. The number of halogens is 1. The molecular weight excluding hydrogens is 264 g/mol. The highest BCUT2D eigenvalue weighted by atomic mass is 35.5. The molecule has 104 valence electrons. The Morgan fingerprint density at radius 3 is 3.11 bits per heavy atom. The molecule has 1 aliphatic rings. The summed E-state index contributed by atoms with van der Waals surface area (Å²) in [5.74, 6) is 0.0283. The van der Waals surface area contributed by atoms with E-state index in [1.165, 1.54) is 12.8 Å². The van der Waals surface area contributed by atoms with Crippen LogP contribution in [0.15, 0.2) is 12.1 Å². The van der Waals surface area contributed by atoms with E-state index >= 15 is 0 Å². The Bertz CT molecular complexity index is 466. The Morgan fingerprint density at radius 2 is 2.37 bits per heavy atom. The van der Waals surface area contributed by atoms with Crippen LogP contribution in [0, 0.1) is 0 Å². The first kappa shape index (κ1) is 14.1. The third-order valence-electron chi connectivity index (χ3n) is 3.50. The van der Waals surface area contributed by atoms with Gasteiger partial charge in [0.15, 0.2) is 0 Å². The van der Waals surface area contributed by atoms with Crippen molar-refractivity contribution in [3.63, 3.8) is 0 Å². The zero-order chi connectivity index (χ0) is 13.8. The number of carbonyl (C=O) groups excluding carboxylic acids is 1. The van der Waals surface area contributed by atoms with Crippen molar-refractivity contribution in [3.8, 4) is 0 Å². The van der Waals surface area contributed by atoms with E-state index in [-0.39, 0.29) is 11.6 Å². The van der Waals surface area contributed by atoms with Gasteiger partial charge in [0, 0.05) is 12.6 Å². The lowest BCUT2D eigenvalue weighted by atomic mass is 10.0. The van der Waals surface area contributed by atoms with Crippen LogP contribution in [0.25, 0.3) is 0 Å². The van der Waals surface area contributed by atoms with Crippen molar-refractivity contribution in [1.82, 2.24) is 15.2 Å². The molecule has 1 fully saturated rings. The molecule has 1 amide bonds. The van der Waals surface area contributed by atoms with Crippen molar-refractivity contribution >= 4 is 23.3 Å². The van der Waals surface area contributed by atoms with Gasteiger partial charge >= 0.3 is 0 Å². The number of likely N-dealkylation sites (tertiary alicyclic amines) is 1. The van der Waals surface area contributed by atoms with Gasteiger partial charge in [-0.25, -0.2) is 4.98 Å². The molecule has 5 nitrogen and oxygen atoms in total. The summed E-state index contributed by atoms with van der Waals surface area (Å²) in [6.45, 7) is 1.69. The highest BCUT2D eigenvalue weighted by molar-refractivity contribution is 6.33. The topological polar surface area (TPSA) is 71.2 Å². The fraction of sp³-hybridized carbons (Fsp3) is 0.538. The minimum Gasteiger partial charge on any atom is -0.384 e. The van der Waals surface area contributed by atoms with Crippen LogP contribution in [-0.2, 0) is 0 Å². The zero-order valence-electron chi connectivity index (χ0n) is 11.0. The molecular formula is C13H19ClN4O. The summed E-state index contributed by atoms with van der Waals surface area (Å²) in [6, 6.07) is 3.55. The van der Waals surface area contributed by atoms with Crippen molar-refractivity contribution in [2.24, 2.45) is 0 Å². The molecule has 6 heteroatoms. The average molecular weight is 283 g/mol. The lowest BCUT2D eigenvalue weighted by Gasteiger charge is -2.32. The fourth-order valence-corrected chi connectivity index (χ4v) is 2.50. The molecule has 1 saturated heterocycles. The third kappa shape index (κ3) is 3.58. The first-order valence-electron chi connectivity index (χ1n) is 6.48. The summed E-state index contributed by atoms with van der Waals surface area (Å²) in [6.07, 6.45) is 3.54. The van der Waals surface area contributed by atoms with Crippen LogP contribution in [0.4, 0.5) is 5.82 Å². The van der Waals surface area contributed by atoms with Gasteiger partial charge in [-0.2, -0.15) is 0 Å². The van der Waals surface area contributed by atoms with Gasteiger partial charge in [0.1, 0.15) is 11.5 Å². The number of carbonyl (C=O) groups is 1. The van der Waals surface area contributed by atoms with Gasteiger partial charge in [0.2, 0.25) is 0 Å². The minimum absolute atomic E-state index is 0.195. The van der Waals surface area contributed by atoms with Gasteiger partial charge in [-0.15, -0.1) is 0 Å². The van der Waals surface area contributed by atoms with Crippen LogP contribution < -0.4 is 11.1 Å². The van der Waals surface area contributed by atoms with Gasteiger partial charge in [0.25, 0.3) is 5.91 Å². The molecule has 0 spiro atoms. The molecule has 3 N–H and O–H groups in total. The molecule has 0 saturated carbocycles. The Morgan fingerprint density at radius 1 is 1.58 bits per heavy atom. The standard InChI is InChI=1S/C13H19ClN4O/c1-18-7-3-2-4-9(18)8-16-13(19)12-10(14)5-6-11(15)17-12/h5-6,9H,2-4,7-8H2,1H3,(H2,15,17)(H,16,19). The second-order valence-corrected chi connectivity index (χ2v) is 5.31. The number of rotatable bonds is 3. The molecule has 1 unspecified atom stereocenters. The van der Waals surface area contributed by atoms with Gasteiger partial charge in [0.05, 0.1) is 5.02 Å². The Hall–Kier alpha value is -1.33. The van der Waals surface area contributed by atoms with E-state index in [0.29, 0.717) is 23.4 Å². The van der Waals surface area contributed by atoms with Gasteiger partial charge < -0.3 is 16.0 Å². The van der Waals surface area contributed by atoms with Gasteiger partial charge in [-0.05, 0) is 38.6 Å². The SMILES string of the molecule is CN1CCCCC1CNC(=O)c1nc(N)ccc1Cl. The van der Waals surface area contributed by atoms with Crippen molar-refractivity contribution in [3.05, 3.63) is 22.8 Å². The highest BCUT2D eigenvalue weighted by Crippen LogP contribution is 2.16. The summed E-state index contributed by atoms with van der Waals surface area (Å²) in [5.41, 5.74) is 5.76. The second kappa shape index (κ2) is 6.21. The Balaban J connectivity index is 1.95. The number of nitrogen functional groups attached to an aromatic ring is 1. The molecule has 1 aliphatic heterocycles. The molecule has 0 aromatic carbocycles. The van der Waals surface area contributed by atoms with Crippen molar-refractivity contribution in [2.45, 2.75) is 25.3 Å². The van der Waals surface area contributed by atoms with Crippen LogP contribution in [0.3, 0.4) is 0 Å². The number of piperidine rings is 1. The smallest absolute Gasteiger partial charge is 0.271 e. The van der Waals surface area contributed by atoms with E-state index in [1.54, 1.807) is 12.1 Å². The lowest BCUT2D eigenvalue weighted by Crippen LogP contribution is -2.44. The van der Waals surface area contributed by atoms with E-state index < -0.39 is 0 Å². The van der Waals surface area contributed by atoms with E-state index in [2.05, 4.69) is 22.2 Å². The maximum Gasteiger partial charge on any atom is 0.271 e. The predicted octanol–water partition coefficient (Wildman–Crippen LogP) is 1.53. The van der Waals surface area contributed by atoms with Crippen LogP contribution in [0.2, 0.25) is 5.02 Å². The molecule has 2 rings (SSSR count). The number of nitrogens with one attached hydrogen (secondary N) is 1. The molecule has 0 bridgehead atoms. The number of nitrogens with zero attached hydrogens (tertiary/aromatic N) is 2. The van der Waals surface area contributed by atoms with Crippen molar-refractivity contribution in [1.29, 1.82) is 0 Å². The number of anilines is 1. The van der Waals surface area contributed by atoms with Crippen molar-refractivity contribution < 1.29 is 4.79 Å². The number of aromatic nitrogens is 1. The predicted molar refractivity (Wildman–Crippen MR) is 76.3 cm³/mol. The molecule has 1 aromatic heterocycles. The monoisotopic (exact) mass is 282 g/mol. The van der Waals surface area contributed by atoms with Crippen molar-refractivity contribution in [2.75, 3.05) is 25.9 Å². The number of pyridine rings is 1. The Labute approximate surface area is 118 Å². The quantitative estimate of drug-likeness (QED) is 0.882. The molecule has 1 aromatic rings. The largest absolute Gasteiger partial charge is 0.384 e. The van der Waals surface area contributed by atoms with E-state index in [4.69, 9.17) is 17.3 Å². The number of likely N-dealkylation sites (N-methyl/N-ethyl adjacent to an activating group) is 1. The van der Waals surface area contributed by atoms with E-state index in [0.717, 1.165) is 13.0 Å². The van der Waals surface area contributed by atoms with Crippen LogP contribution >= 0.6 is 11.6 Å². The highest BCUT2D eigenvalue weighted by Gasteiger charge is 2.20. The molecule has 1 atom stereocenters. The summed E-state index contributed by atoms with van der Waals surface area (Å²) < 4.78 is 0. The Kier molecular flexibility index (Phi) is 4.61. The normalized spacial score (nSPS) is 20.2. The minimum atomic E-state index is -0.267. The molecule has 0 radical (unpaired) electrons. The summed E-state index contributed by atoms with van der Waals surface area (Å²) in [4.78, 5) is 18.3. The average Bonchev–Trinajstić information content (AvgIpc) is 2.40. The molecule has 0 aliphatic carbocycles. The third-order valence-corrected chi connectivity index (χ3v) is 3.81. The lowest BCUT2D eigenvalue weighted by molar-refractivity contribution is 0.0924. The summed E-state index contributed by atoms with van der Waals surface area (Å²) in [7, 11) is 2.09. The molecule has 19 heavy (non-hydrogen) atoms. The maximum absolute atomic E-state index is 12.0. The van der Waals surface area contributed by atoms with Crippen LogP contribution in [0.5, 0.6) is 0 Å². The second-order valence-electron chi connectivity index (χ2n) is 4.91. The number of amides is 1. The zero-order valence-corrected chi connectivity index (χ0v) is 11.8. The number of hydrogen-bond acceptors (Lipinski definition) is 4. The van der Waals surface area contributed by atoms with E-state index in [1.807, 2.05) is 0 Å². The maximum atomic E-state index is 12.0. The summed E-state index contributed by atoms with van der Waals surface area (Å²) in [5, 5.41) is 3.21. The van der Waals surface area contributed by atoms with Gasteiger partial charge in [-0.1, -0.05) is 18.0 Å². The number of nitrogens with two attached hydrogens (primary N) is 1. The molecule has 2 heterocycles. The van der Waals surface area contributed by atoms with Gasteiger partial charge in [-0.3, -0.25) is 4.79 Å². The first-order chi connectivity index (χ1) is 9.08. The van der Waals surface area contributed by atoms with Crippen LogP contribution in [0.1, 0.15) is 29.8 Å².